The van der Waals surface area contributed by atoms with Gasteiger partial charge in [0.1, 0.15) is 12.4 Å². The maximum absolute atomic E-state index is 5.90. The highest BCUT2D eigenvalue weighted by molar-refractivity contribution is 9.10. The van der Waals surface area contributed by atoms with Crippen LogP contribution >= 0.6 is 15.9 Å². The van der Waals surface area contributed by atoms with Gasteiger partial charge in [0.2, 0.25) is 0 Å². The molecule has 0 amide bonds. The summed E-state index contributed by atoms with van der Waals surface area (Å²) in [5.74, 6) is 0.891. The molecule has 0 heterocycles. The summed E-state index contributed by atoms with van der Waals surface area (Å²) in [6, 6.07) is 15.5. The smallest absolute Gasteiger partial charge is 0.134 e. The van der Waals surface area contributed by atoms with Crippen molar-refractivity contribution in [1.29, 1.82) is 0 Å². The van der Waals surface area contributed by atoms with Gasteiger partial charge in [-0.25, -0.2) is 0 Å². The van der Waals surface area contributed by atoms with Crippen molar-refractivity contribution < 1.29 is 4.74 Å². The first-order valence-corrected chi connectivity index (χ1v) is 8.20. The van der Waals surface area contributed by atoms with Gasteiger partial charge in [0.25, 0.3) is 0 Å². The Hall–Kier alpha value is -1.32. The molecule has 0 spiro atoms. The van der Waals surface area contributed by atoms with Crippen molar-refractivity contribution in [3.63, 3.8) is 0 Å². The molecule has 1 aliphatic carbocycles. The largest absolute Gasteiger partial charge is 0.488 e. The van der Waals surface area contributed by atoms with Gasteiger partial charge in [0.15, 0.2) is 0 Å². The summed E-state index contributed by atoms with van der Waals surface area (Å²) in [5, 5.41) is 3.54. The van der Waals surface area contributed by atoms with Crippen LogP contribution in [0.15, 0.2) is 46.9 Å². The predicted molar refractivity (Wildman–Crippen MR) is 89.5 cm³/mol. The van der Waals surface area contributed by atoms with Crippen LogP contribution in [0, 0.1) is 6.92 Å². The lowest BCUT2D eigenvalue weighted by Crippen LogP contribution is -2.15. The first-order chi connectivity index (χ1) is 10.2. The lowest BCUT2D eigenvalue weighted by atomic mass is 10.1. The Bertz CT molecular complexity index is 622. The molecule has 0 saturated heterocycles. The van der Waals surface area contributed by atoms with E-state index in [2.05, 4.69) is 64.6 Å². The topological polar surface area (TPSA) is 21.3 Å². The Balaban J connectivity index is 1.60. The highest BCUT2D eigenvalue weighted by Crippen LogP contribution is 2.26. The van der Waals surface area contributed by atoms with E-state index in [9.17, 15) is 0 Å². The average molecular weight is 346 g/mol. The average Bonchev–Trinajstić information content (AvgIpc) is 3.29. The molecule has 3 rings (SSSR count). The summed E-state index contributed by atoms with van der Waals surface area (Å²) in [6.07, 6.45) is 2.65. The predicted octanol–water partition coefficient (Wildman–Crippen LogP) is 4.59. The molecule has 0 aromatic heterocycles. The van der Waals surface area contributed by atoms with E-state index in [1.807, 2.05) is 6.07 Å². The summed E-state index contributed by atoms with van der Waals surface area (Å²) in [5.41, 5.74) is 3.76. The van der Waals surface area contributed by atoms with E-state index in [4.69, 9.17) is 4.74 Å². The van der Waals surface area contributed by atoms with Gasteiger partial charge in [-0.05, 0) is 64.5 Å². The Morgan fingerprint density at radius 2 is 1.95 bits per heavy atom. The lowest BCUT2D eigenvalue weighted by Gasteiger charge is -2.10. The van der Waals surface area contributed by atoms with Gasteiger partial charge < -0.3 is 10.1 Å². The molecule has 0 atom stereocenters. The molecule has 0 bridgehead atoms. The number of rotatable bonds is 6. The van der Waals surface area contributed by atoms with Crippen molar-refractivity contribution in [1.82, 2.24) is 5.32 Å². The van der Waals surface area contributed by atoms with Crippen molar-refractivity contribution in [2.75, 3.05) is 0 Å². The fourth-order valence-electron chi connectivity index (χ4n) is 2.26. The third kappa shape index (κ3) is 4.32. The third-order valence-corrected chi connectivity index (χ3v) is 4.27. The van der Waals surface area contributed by atoms with E-state index in [0.717, 1.165) is 22.8 Å². The van der Waals surface area contributed by atoms with E-state index in [1.165, 1.54) is 29.5 Å². The van der Waals surface area contributed by atoms with Gasteiger partial charge in [-0.15, -0.1) is 0 Å². The van der Waals surface area contributed by atoms with Crippen LogP contribution in [-0.4, -0.2) is 6.04 Å². The molecule has 1 N–H and O–H groups in total. The Morgan fingerprint density at radius 1 is 1.14 bits per heavy atom. The molecule has 0 unspecified atom stereocenters. The van der Waals surface area contributed by atoms with Crippen molar-refractivity contribution in [3.05, 3.63) is 63.6 Å². The summed E-state index contributed by atoms with van der Waals surface area (Å²) in [4.78, 5) is 0. The number of nitrogens with one attached hydrogen (secondary N) is 1. The molecule has 1 saturated carbocycles. The Morgan fingerprint density at radius 3 is 2.71 bits per heavy atom. The van der Waals surface area contributed by atoms with Crippen LogP contribution in [0.1, 0.15) is 29.5 Å². The molecular weight excluding hydrogens is 326 g/mol. The van der Waals surface area contributed by atoms with E-state index < -0.39 is 0 Å². The molecule has 0 aliphatic heterocycles. The van der Waals surface area contributed by atoms with Crippen molar-refractivity contribution >= 4 is 15.9 Å². The zero-order chi connectivity index (χ0) is 14.7. The molecule has 2 nitrogen and oxygen atoms in total. The van der Waals surface area contributed by atoms with E-state index in [-0.39, 0.29) is 0 Å². The van der Waals surface area contributed by atoms with Crippen molar-refractivity contribution in [2.45, 2.75) is 39.0 Å². The zero-order valence-corrected chi connectivity index (χ0v) is 13.8. The van der Waals surface area contributed by atoms with E-state index in [0.29, 0.717) is 6.61 Å². The number of benzene rings is 2. The molecule has 2 aromatic rings. The minimum Gasteiger partial charge on any atom is -0.488 e. The number of ether oxygens (including phenoxy) is 1. The number of halogens is 1. The quantitative estimate of drug-likeness (QED) is 0.826. The fourth-order valence-corrected chi connectivity index (χ4v) is 2.87. The first-order valence-electron chi connectivity index (χ1n) is 7.41. The molecule has 21 heavy (non-hydrogen) atoms. The maximum Gasteiger partial charge on any atom is 0.134 e. The molecule has 0 radical (unpaired) electrons. The highest BCUT2D eigenvalue weighted by atomic mass is 79.9. The SMILES string of the molecule is Cc1ccc(OCc2cccc(CNC3CC3)c2)c(Br)c1. The zero-order valence-electron chi connectivity index (χ0n) is 12.2. The maximum atomic E-state index is 5.90. The van der Waals surface area contributed by atoms with Crippen molar-refractivity contribution in [3.8, 4) is 5.75 Å². The number of hydrogen-bond acceptors (Lipinski definition) is 2. The molecule has 1 fully saturated rings. The van der Waals surface area contributed by atoms with Gasteiger partial charge in [-0.1, -0.05) is 30.3 Å². The Labute approximate surface area is 134 Å². The van der Waals surface area contributed by atoms with Gasteiger partial charge in [-0.2, -0.15) is 0 Å². The van der Waals surface area contributed by atoms with Gasteiger partial charge in [0.05, 0.1) is 4.47 Å². The standard InChI is InChI=1S/C18H20BrNO/c1-13-5-8-18(17(19)9-13)21-12-15-4-2-3-14(10-15)11-20-16-6-7-16/h2-5,8-10,16,20H,6-7,11-12H2,1H3. The van der Waals surface area contributed by atoms with Crippen LogP contribution in [0.4, 0.5) is 0 Å². The highest BCUT2D eigenvalue weighted by Gasteiger charge is 2.19. The van der Waals surface area contributed by atoms with Crippen LogP contribution in [0.2, 0.25) is 0 Å². The van der Waals surface area contributed by atoms with Gasteiger partial charge >= 0.3 is 0 Å². The summed E-state index contributed by atoms with van der Waals surface area (Å²) < 4.78 is 6.91. The van der Waals surface area contributed by atoms with Gasteiger partial charge in [-0.3, -0.25) is 0 Å². The molecule has 1 aliphatic rings. The Kier molecular flexibility index (Phi) is 4.61. The lowest BCUT2D eigenvalue weighted by molar-refractivity contribution is 0.304. The van der Waals surface area contributed by atoms with E-state index >= 15 is 0 Å². The van der Waals surface area contributed by atoms with Crippen LogP contribution < -0.4 is 10.1 Å². The van der Waals surface area contributed by atoms with Crippen molar-refractivity contribution in [2.24, 2.45) is 0 Å². The molecule has 110 valence electrons. The number of aryl methyl sites for hydroxylation is 1. The number of hydrogen-bond donors (Lipinski definition) is 1. The summed E-state index contributed by atoms with van der Waals surface area (Å²) >= 11 is 3.55. The molecule has 3 heteroatoms. The normalized spacial score (nSPS) is 14.2. The van der Waals surface area contributed by atoms with Crippen LogP contribution in [-0.2, 0) is 13.2 Å². The second-order valence-corrected chi connectivity index (χ2v) is 6.55. The van der Waals surface area contributed by atoms with E-state index in [1.54, 1.807) is 0 Å². The summed E-state index contributed by atoms with van der Waals surface area (Å²) in [6.45, 7) is 3.62. The molecule has 2 aromatic carbocycles. The monoisotopic (exact) mass is 345 g/mol. The minimum atomic E-state index is 0.596. The third-order valence-electron chi connectivity index (χ3n) is 3.65. The minimum absolute atomic E-state index is 0.596. The van der Waals surface area contributed by atoms with Gasteiger partial charge in [0, 0.05) is 12.6 Å². The second-order valence-electron chi connectivity index (χ2n) is 5.70. The fraction of sp³-hybridized carbons (Fsp3) is 0.333. The first kappa shape index (κ1) is 14.6. The van der Waals surface area contributed by atoms with Crippen LogP contribution in [0.25, 0.3) is 0 Å². The molecular formula is C18H20BrNO. The van der Waals surface area contributed by atoms with Crippen LogP contribution in [0.5, 0.6) is 5.75 Å². The van der Waals surface area contributed by atoms with Crippen LogP contribution in [0.3, 0.4) is 0 Å². The summed E-state index contributed by atoms with van der Waals surface area (Å²) in [7, 11) is 0. The second kappa shape index (κ2) is 6.63.